The summed E-state index contributed by atoms with van der Waals surface area (Å²) in [6.07, 6.45) is 3.39. The summed E-state index contributed by atoms with van der Waals surface area (Å²) in [7, 11) is 0. The molecule has 0 saturated heterocycles. The minimum absolute atomic E-state index is 0.350. The second kappa shape index (κ2) is 11.5. The highest BCUT2D eigenvalue weighted by Crippen LogP contribution is 2.39. The van der Waals surface area contributed by atoms with Gasteiger partial charge in [0, 0.05) is 29.1 Å². The lowest BCUT2D eigenvalue weighted by molar-refractivity contribution is 0.0953. The average molecular weight is 434 g/mol. The number of ether oxygens (including phenoxy) is 3. The molecule has 0 fully saturated rings. The van der Waals surface area contributed by atoms with Gasteiger partial charge in [-0.25, -0.2) is 5.43 Å². The molecule has 7 heteroatoms. The Bertz CT molecular complexity index is 985. The standard InChI is InChI=1S/C25H27N3O4/c1-4-30-21-15-20(16-22(31-5-2)24(21)32-6-3)25(29)28-27-23(18-11-8-7-9-12-18)19-13-10-14-26-17-19/h7-17H,4-6H2,1-3H3,(H,28,29)/b27-23+. The summed E-state index contributed by atoms with van der Waals surface area (Å²) in [4.78, 5) is 17.2. The monoisotopic (exact) mass is 433 g/mol. The zero-order chi connectivity index (χ0) is 22.8. The number of hydrogen-bond donors (Lipinski definition) is 1. The zero-order valence-corrected chi connectivity index (χ0v) is 18.5. The molecule has 0 saturated carbocycles. The summed E-state index contributed by atoms with van der Waals surface area (Å²) in [5.41, 5.74) is 5.26. The number of nitrogens with one attached hydrogen (secondary N) is 1. The van der Waals surface area contributed by atoms with Crippen molar-refractivity contribution in [3.63, 3.8) is 0 Å². The highest BCUT2D eigenvalue weighted by Gasteiger charge is 2.18. The molecular weight excluding hydrogens is 406 g/mol. The lowest BCUT2D eigenvalue weighted by Gasteiger charge is -2.16. The molecule has 3 aromatic rings. The second-order valence-electron chi connectivity index (χ2n) is 6.61. The van der Waals surface area contributed by atoms with Crippen molar-refractivity contribution >= 4 is 11.6 Å². The van der Waals surface area contributed by atoms with Crippen molar-refractivity contribution in [3.05, 3.63) is 83.7 Å². The first-order valence-electron chi connectivity index (χ1n) is 10.6. The van der Waals surface area contributed by atoms with Crippen molar-refractivity contribution in [1.29, 1.82) is 0 Å². The lowest BCUT2D eigenvalue weighted by Crippen LogP contribution is -2.21. The SMILES string of the molecule is CCOc1cc(C(=O)N/N=C(\c2ccccc2)c2cccnc2)cc(OCC)c1OCC. The van der Waals surface area contributed by atoms with Crippen LogP contribution in [0.5, 0.6) is 17.2 Å². The van der Waals surface area contributed by atoms with Crippen LogP contribution in [0.3, 0.4) is 0 Å². The molecule has 166 valence electrons. The lowest BCUT2D eigenvalue weighted by atomic mass is 10.0. The minimum Gasteiger partial charge on any atom is -0.490 e. The van der Waals surface area contributed by atoms with Gasteiger partial charge >= 0.3 is 0 Å². The molecule has 0 atom stereocenters. The Labute approximate surface area is 188 Å². The molecule has 1 amide bonds. The van der Waals surface area contributed by atoms with Gasteiger partial charge in [-0.05, 0) is 45.0 Å². The largest absolute Gasteiger partial charge is 0.490 e. The smallest absolute Gasteiger partial charge is 0.271 e. The molecule has 0 aliphatic rings. The van der Waals surface area contributed by atoms with Gasteiger partial charge in [0.1, 0.15) is 0 Å². The van der Waals surface area contributed by atoms with Gasteiger partial charge in [0.05, 0.1) is 25.5 Å². The third-order valence-corrected chi connectivity index (χ3v) is 4.42. The van der Waals surface area contributed by atoms with E-state index in [9.17, 15) is 4.79 Å². The van der Waals surface area contributed by atoms with Gasteiger partial charge in [-0.1, -0.05) is 30.3 Å². The molecule has 0 bridgehead atoms. The van der Waals surface area contributed by atoms with Gasteiger partial charge < -0.3 is 14.2 Å². The average Bonchev–Trinajstić information content (AvgIpc) is 2.82. The summed E-state index contributed by atoms with van der Waals surface area (Å²) < 4.78 is 17.1. The number of hydrazone groups is 1. The Morgan fingerprint density at radius 1 is 0.844 bits per heavy atom. The molecule has 1 aromatic heterocycles. The number of pyridine rings is 1. The third-order valence-electron chi connectivity index (χ3n) is 4.42. The van der Waals surface area contributed by atoms with Crippen molar-refractivity contribution in [2.45, 2.75) is 20.8 Å². The maximum Gasteiger partial charge on any atom is 0.271 e. The van der Waals surface area contributed by atoms with E-state index in [4.69, 9.17) is 14.2 Å². The Balaban J connectivity index is 1.96. The summed E-state index contributed by atoms with van der Waals surface area (Å²) in [6, 6.07) is 16.6. The second-order valence-corrected chi connectivity index (χ2v) is 6.61. The zero-order valence-electron chi connectivity index (χ0n) is 18.5. The van der Waals surface area contributed by atoms with Gasteiger partial charge in [-0.15, -0.1) is 0 Å². The van der Waals surface area contributed by atoms with Crippen molar-refractivity contribution < 1.29 is 19.0 Å². The van der Waals surface area contributed by atoms with Crippen LogP contribution in [-0.4, -0.2) is 36.4 Å². The highest BCUT2D eigenvalue weighted by molar-refractivity contribution is 6.13. The topological polar surface area (TPSA) is 82.0 Å². The number of benzene rings is 2. The van der Waals surface area contributed by atoms with Crippen LogP contribution in [0.2, 0.25) is 0 Å². The summed E-state index contributed by atoms with van der Waals surface area (Å²) in [6.45, 7) is 6.91. The van der Waals surface area contributed by atoms with E-state index >= 15 is 0 Å². The number of carbonyl (C=O) groups excluding carboxylic acids is 1. The van der Waals surface area contributed by atoms with Gasteiger partial charge in [0.15, 0.2) is 11.5 Å². The van der Waals surface area contributed by atoms with Gasteiger partial charge in [-0.2, -0.15) is 5.10 Å². The van der Waals surface area contributed by atoms with Crippen molar-refractivity contribution in [2.24, 2.45) is 5.10 Å². The third kappa shape index (κ3) is 5.63. The first kappa shape index (κ1) is 22.8. The van der Waals surface area contributed by atoms with Crippen LogP contribution in [0.1, 0.15) is 42.3 Å². The Morgan fingerprint density at radius 3 is 2.03 bits per heavy atom. The summed E-state index contributed by atoms with van der Waals surface area (Å²) in [5.74, 6) is 0.985. The predicted molar refractivity (Wildman–Crippen MR) is 124 cm³/mol. The summed E-state index contributed by atoms with van der Waals surface area (Å²) >= 11 is 0. The molecule has 1 heterocycles. The highest BCUT2D eigenvalue weighted by atomic mass is 16.5. The van der Waals surface area contributed by atoms with Crippen LogP contribution < -0.4 is 19.6 Å². The molecule has 3 rings (SSSR count). The first-order chi connectivity index (χ1) is 15.7. The van der Waals surface area contributed by atoms with Crippen molar-refractivity contribution in [1.82, 2.24) is 10.4 Å². The van der Waals surface area contributed by atoms with Gasteiger partial charge in [0.25, 0.3) is 5.91 Å². The Hall–Kier alpha value is -3.87. The Kier molecular flexibility index (Phi) is 8.20. The van der Waals surface area contributed by atoms with Crippen LogP contribution in [-0.2, 0) is 0 Å². The van der Waals surface area contributed by atoms with E-state index in [1.165, 1.54) is 0 Å². The fraction of sp³-hybridized carbons (Fsp3) is 0.240. The molecule has 2 aromatic carbocycles. The molecule has 1 N–H and O–H groups in total. The minimum atomic E-state index is -0.396. The van der Waals surface area contributed by atoms with E-state index in [-0.39, 0.29) is 0 Å². The molecule has 0 radical (unpaired) electrons. The number of aromatic nitrogens is 1. The Morgan fingerprint density at radius 2 is 1.47 bits per heavy atom. The number of amides is 1. The molecule has 0 aliphatic heterocycles. The van der Waals surface area contributed by atoms with Crippen LogP contribution in [0, 0.1) is 0 Å². The number of hydrogen-bond acceptors (Lipinski definition) is 6. The molecule has 32 heavy (non-hydrogen) atoms. The molecule has 0 unspecified atom stereocenters. The van der Waals surface area contributed by atoms with Crippen LogP contribution in [0.15, 0.2) is 72.1 Å². The van der Waals surface area contributed by atoms with E-state index in [1.54, 1.807) is 24.5 Å². The van der Waals surface area contributed by atoms with E-state index in [0.717, 1.165) is 11.1 Å². The van der Waals surface area contributed by atoms with Crippen molar-refractivity contribution in [3.8, 4) is 17.2 Å². The van der Waals surface area contributed by atoms with E-state index < -0.39 is 5.91 Å². The molecule has 0 spiro atoms. The molecule has 7 nitrogen and oxygen atoms in total. The number of carbonyl (C=O) groups is 1. The molecule has 0 aliphatic carbocycles. The number of nitrogens with zero attached hydrogens (tertiary/aromatic N) is 2. The fourth-order valence-electron chi connectivity index (χ4n) is 3.09. The van der Waals surface area contributed by atoms with Crippen LogP contribution in [0.25, 0.3) is 0 Å². The van der Waals surface area contributed by atoms with Crippen LogP contribution in [0.4, 0.5) is 0 Å². The molecular formula is C25H27N3O4. The van der Waals surface area contributed by atoms with E-state index in [2.05, 4.69) is 15.5 Å². The van der Waals surface area contributed by atoms with E-state index in [1.807, 2.05) is 63.2 Å². The number of rotatable bonds is 10. The summed E-state index contributed by atoms with van der Waals surface area (Å²) in [5, 5.41) is 4.41. The maximum atomic E-state index is 13.0. The maximum absolute atomic E-state index is 13.0. The van der Waals surface area contributed by atoms with Gasteiger partial charge in [0.2, 0.25) is 5.75 Å². The van der Waals surface area contributed by atoms with Crippen molar-refractivity contribution in [2.75, 3.05) is 19.8 Å². The quantitative estimate of drug-likeness (QED) is 0.377. The normalized spacial score (nSPS) is 11.0. The van der Waals surface area contributed by atoms with Gasteiger partial charge in [-0.3, -0.25) is 9.78 Å². The predicted octanol–water partition coefficient (Wildman–Crippen LogP) is 4.46. The van der Waals surface area contributed by atoms with Crippen LogP contribution >= 0.6 is 0 Å². The fourth-order valence-corrected chi connectivity index (χ4v) is 3.09. The van der Waals surface area contributed by atoms with E-state index in [0.29, 0.717) is 48.3 Å². The first-order valence-corrected chi connectivity index (χ1v) is 10.6.